The number of aromatic nitrogens is 1. The Balaban J connectivity index is 2.39. The van der Waals surface area contributed by atoms with Crippen LogP contribution in [-0.4, -0.2) is 17.5 Å². The molecule has 4 heteroatoms. The number of benzene rings is 1. The predicted molar refractivity (Wildman–Crippen MR) is 93.4 cm³/mol. The Hall–Kier alpha value is -2.36. The molecule has 122 valence electrons. The maximum atomic E-state index is 12.8. The molecule has 23 heavy (non-hydrogen) atoms. The number of carbonyl (C=O) groups excluding carboxylic acids is 1. The summed E-state index contributed by atoms with van der Waals surface area (Å²) in [6, 6.07) is 7.77. The van der Waals surface area contributed by atoms with Gasteiger partial charge < -0.3 is 10.1 Å². The highest BCUT2D eigenvalue weighted by Crippen LogP contribution is 2.26. The number of ether oxygens (including phenoxy) is 1. The van der Waals surface area contributed by atoms with Gasteiger partial charge in [0, 0.05) is 17.4 Å². The Morgan fingerprint density at radius 3 is 2.43 bits per heavy atom. The normalized spacial score (nSPS) is 10.5. The minimum absolute atomic E-state index is 0.182. The van der Waals surface area contributed by atoms with Gasteiger partial charge in [-0.1, -0.05) is 25.1 Å². The Kier molecular flexibility index (Phi) is 5.37. The van der Waals surface area contributed by atoms with E-state index in [-0.39, 0.29) is 5.91 Å². The SMILES string of the molecule is CCCOc1cc(C)nc(C)c1C(=O)Nc1c(C)cccc1C. The van der Waals surface area contributed by atoms with Crippen LogP contribution >= 0.6 is 0 Å². The van der Waals surface area contributed by atoms with Crippen molar-refractivity contribution >= 4 is 11.6 Å². The van der Waals surface area contributed by atoms with Crippen LogP contribution in [-0.2, 0) is 0 Å². The molecule has 0 atom stereocenters. The number of carbonyl (C=O) groups is 1. The van der Waals surface area contributed by atoms with E-state index in [0.717, 1.165) is 28.9 Å². The van der Waals surface area contributed by atoms with E-state index in [9.17, 15) is 4.79 Å². The average Bonchev–Trinajstić information content (AvgIpc) is 2.48. The summed E-state index contributed by atoms with van der Waals surface area (Å²) in [6.45, 7) is 10.3. The summed E-state index contributed by atoms with van der Waals surface area (Å²) in [5.74, 6) is 0.416. The molecular formula is C19H24N2O2. The van der Waals surface area contributed by atoms with Crippen LogP contribution in [0.2, 0.25) is 0 Å². The fourth-order valence-electron chi connectivity index (χ4n) is 2.58. The van der Waals surface area contributed by atoms with Gasteiger partial charge in [-0.05, 0) is 45.2 Å². The Labute approximate surface area is 137 Å². The van der Waals surface area contributed by atoms with Crippen LogP contribution in [0.25, 0.3) is 0 Å². The van der Waals surface area contributed by atoms with Crippen molar-refractivity contribution in [3.05, 3.63) is 52.3 Å². The van der Waals surface area contributed by atoms with Gasteiger partial charge in [0.2, 0.25) is 0 Å². The molecule has 0 saturated carbocycles. The van der Waals surface area contributed by atoms with Crippen LogP contribution in [0.15, 0.2) is 24.3 Å². The monoisotopic (exact) mass is 312 g/mol. The van der Waals surface area contributed by atoms with Crippen molar-refractivity contribution in [1.82, 2.24) is 4.98 Å². The van der Waals surface area contributed by atoms with Crippen molar-refractivity contribution in [2.24, 2.45) is 0 Å². The lowest BCUT2D eigenvalue weighted by Crippen LogP contribution is -2.18. The largest absolute Gasteiger partial charge is 0.493 e. The minimum Gasteiger partial charge on any atom is -0.493 e. The van der Waals surface area contributed by atoms with Crippen molar-refractivity contribution in [2.75, 3.05) is 11.9 Å². The first-order valence-electron chi connectivity index (χ1n) is 7.92. The molecule has 4 nitrogen and oxygen atoms in total. The number of pyridine rings is 1. The van der Waals surface area contributed by atoms with E-state index in [1.165, 1.54) is 0 Å². The number of aryl methyl sites for hydroxylation is 4. The fourth-order valence-corrected chi connectivity index (χ4v) is 2.58. The van der Waals surface area contributed by atoms with Gasteiger partial charge in [-0.25, -0.2) is 0 Å². The number of nitrogens with zero attached hydrogens (tertiary/aromatic N) is 1. The van der Waals surface area contributed by atoms with E-state index in [0.29, 0.717) is 23.6 Å². The number of para-hydroxylation sites is 1. The molecular weight excluding hydrogens is 288 g/mol. The van der Waals surface area contributed by atoms with Gasteiger partial charge in [0.05, 0.1) is 12.3 Å². The lowest BCUT2D eigenvalue weighted by Gasteiger charge is -2.16. The summed E-state index contributed by atoms with van der Waals surface area (Å²) in [5, 5.41) is 3.01. The number of nitrogens with one attached hydrogen (secondary N) is 1. The quantitative estimate of drug-likeness (QED) is 0.892. The van der Waals surface area contributed by atoms with Gasteiger partial charge in [-0.2, -0.15) is 0 Å². The Morgan fingerprint density at radius 2 is 1.83 bits per heavy atom. The van der Waals surface area contributed by atoms with E-state index in [1.54, 1.807) is 0 Å². The van der Waals surface area contributed by atoms with Gasteiger partial charge in [0.25, 0.3) is 5.91 Å². The number of anilines is 1. The zero-order chi connectivity index (χ0) is 17.0. The minimum atomic E-state index is -0.182. The zero-order valence-corrected chi connectivity index (χ0v) is 14.5. The van der Waals surface area contributed by atoms with Crippen molar-refractivity contribution in [3.63, 3.8) is 0 Å². The highest BCUT2D eigenvalue weighted by atomic mass is 16.5. The molecule has 1 N–H and O–H groups in total. The molecule has 0 aliphatic carbocycles. The number of rotatable bonds is 5. The molecule has 1 amide bonds. The van der Waals surface area contributed by atoms with Crippen molar-refractivity contribution < 1.29 is 9.53 Å². The van der Waals surface area contributed by atoms with Gasteiger partial charge in [-0.3, -0.25) is 9.78 Å². The molecule has 1 heterocycles. The smallest absolute Gasteiger partial charge is 0.261 e. The summed E-state index contributed by atoms with van der Waals surface area (Å²) in [6.07, 6.45) is 0.887. The topological polar surface area (TPSA) is 51.2 Å². The van der Waals surface area contributed by atoms with Gasteiger partial charge in [0.1, 0.15) is 11.3 Å². The molecule has 0 radical (unpaired) electrons. The first-order valence-corrected chi connectivity index (χ1v) is 7.92. The van der Waals surface area contributed by atoms with E-state index in [1.807, 2.05) is 58.9 Å². The maximum absolute atomic E-state index is 12.8. The fraction of sp³-hybridized carbons (Fsp3) is 0.368. The highest BCUT2D eigenvalue weighted by molar-refractivity contribution is 6.07. The Morgan fingerprint density at radius 1 is 1.17 bits per heavy atom. The molecule has 0 unspecified atom stereocenters. The van der Waals surface area contributed by atoms with Crippen molar-refractivity contribution in [1.29, 1.82) is 0 Å². The molecule has 0 fully saturated rings. The van der Waals surface area contributed by atoms with Crippen LogP contribution in [0.3, 0.4) is 0 Å². The molecule has 1 aromatic carbocycles. The average molecular weight is 312 g/mol. The van der Waals surface area contributed by atoms with E-state index in [4.69, 9.17) is 4.74 Å². The van der Waals surface area contributed by atoms with E-state index >= 15 is 0 Å². The summed E-state index contributed by atoms with van der Waals surface area (Å²) in [7, 11) is 0. The van der Waals surface area contributed by atoms with Gasteiger partial charge in [-0.15, -0.1) is 0 Å². The van der Waals surface area contributed by atoms with Crippen LogP contribution in [0.1, 0.15) is 46.2 Å². The predicted octanol–water partition coefficient (Wildman–Crippen LogP) is 4.36. The second kappa shape index (κ2) is 7.27. The molecule has 2 aromatic rings. The molecule has 1 aromatic heterocycles. The molecule has 0 aliphatic rings. The van der Waals surface area contributed by atoms with Crippen LogP contribution in [0.4, 0.5) is 5.69 Å². The first kappa shape index (κ1) is 17.0. The summed E-state index contributed by atoms with van der Waals surface area (Å²) >= 11 is 0. The summed E-state index contributed by atoms with van der Waals surface area (Å²) in [4.78, 5) is 17.2. The number of amides is 1. The van der Waals surface area contributed by atoms with Gasteiger partial charge >= 0.3 is 0 Å². The maximum Gasteiger partial charge on any atom is 0.261 e. The first-order chi connectivity index (χ1) is 10.9. The molecule has 0 aliphatic heterocycles. The van der Waals surface area contributed by atoms with Gasteiger partial charge in [0.15, 0.2) is 0 Å². The number of hydrogen-bond acceptors (Lipinski definition) is 3. The van der Waals surface area contributed by atoms with Crippen molar-refractivity contribution in [2.45, 2.75) is 41.0 Å². The molecule has 2 rings (SSSR count). The third-order valence-corrected chi connectivity index (χ3v) is 3.70. The van der Waals surface area contributed by atoms with Crippen LogP contribution in [0.5, 0.6) is 5.75 Å². The Bertz CT molecular complexity index is 703. The second-order valence-electron chi connectivity index (χ2n) is 5.79. The lowest BCUT2D eigenvalue weighted by molar-refractivity contribution is 0.102. The van der Waals surface area contributed by atoms with Crippen LogP contribution < -0.4 is 10.1 Å². The summed E-state index contributed by atoms with van der Waals surface area (Å²) in [5.41, 5.74) is 4.95. The van der Waals surface area contributed by atoms with Crippen molar-refractivity contribution in [3.8, 4) is 5.75 Å². The third kappa shape index (κ3) is 3.89. The summed E-state index contributed by atoms with van der Waals surface area (Å²) < 4.78 is 5.77. The highest BCUT2D eigenvalue weighted by Gasteiger charge is 2.19. The zero-order valence-electron chi connectivity index (χ0n) is 14.5. The number of hydrogen-bond donors (Lipinski definition) is 1. The second-order valence-corrected chi connectivity index (χ2v) is 5.79. The standard InChI is InChI=1S/C19H24N2O2/c1-6-10-23-16-11-14(4)20-15(5)17(16)19(22)21-18-12(2)8-7-9-13(18)3/h7-9,11H,6,10H2,1-5H3,(H,21,22). The van der Waals surface area contributed by atoms with E-state index in [2.05, 4.69) is 10.3 Å². The molecule has 0 spiro atoms. The van der Waals surface area contributed by atoms with E-state index < -0.39 is 0 Å². The van der Waals surface area contributed by atoms with Crippen LogP contribution in [0, 0.1) is 27.7 Å². The lowest BCUT2D eigenvalue weighted by atomic mass is 10.1. The third-order valence-electron chi connectivity index (χ3n) is 3.70. The molecule has 0 bridgehead atoms. The molecule has 0 saturated heterocycles.